The van der Waals surface area contributed by atoms with Gasteiger partial charge in [0.2, 0.25) is 5.28 Å². The fourth-order valence-electron chi connectivity index (χ4n) is 2.83. The number of hydrogen-bond acceptors (Lipinski definition) is 3. The summed E-state index contributed by atoms with van der Waals surface area (Å²) in [4.78, 5) is 8.83. The summed E-state index contributed by atoms with van der Waals surface area (Å²) >= 11 is 6.11. The van der Waals surface area contributed by atoms with Crippen LogP contribution in [0.1, 0.15) is 43.9 Å². The van der Waals surface area contributed by atoms with E-state index in [0.717, 1.165) is 30.8 Å². The van der Waals surface area contributed by atoms with Gasteiger partial charge in [-0.2, -0.15) is 0 Å². The summed E-state index contributed by atoms with van der Waals surface area (Å²) in [6.07, 6.45) is 11.4. The van der Waals surface area contributed by atoms with Crippen LogP contribution in [0.15, 0.2) is 36.5 Å². The van der Waals surface area contributed by atoms with Crippen LogP contribution in [0.3, 0.4) is 0 Å². The second-order valence-electron chi connectivity index (χ2n) is 5.08. The van der Waals surface area contributed by atoms with Crippen molar-refractivity contribution >= 4 is 17.4 Å². The molecule has 21 heavy (non-hydrogen) atoms. The van der Waals surface area contributed by atoms with Crippen LogP contribution in [0.5, 0.6) is 0 Å². The van der Waals surface area contributed by atoms with Gasteiger partial charge in [0.25, 0.3) is 0 Å². The Labute approximate surface area is 131 Å². The van der Waals surface area contributed by atoms with E-state index in [0.29, 0.717) is 17.7 Å². The molecule has 112 valence electrons. The van der Waals surface area contributed by atoms with E-state index in [1.54, 1.807) is 0 Å². The molecule has 0 amide bonds. The van der Waals surface area contributed by atoms with E-state index in [9.17, 15) is 0 Å². The van der Waals surface area contributed by atoms with Gasteiger partial charge in [0, 0.05) is 18.0 Å². The van der Waals surface area contributed by atoms with Crippen molar-refractivity contribution in [1.29, 1.82) is 0 Å². The molecule has 0 fully saturated rings. The van der Waals surface area contributed by atoms with Gasteiger partial charge in [0.1, 0.15) is 5.82 Å². The Morgan fingerprint density at radius 3 is 2.95 bits per heavy atom. The van der Waals surface area contributed by atoms with Crippen LogP contribution in [0.25, 0.3) is 0 Å². The Morgan fingerprint density at radius 1 is 1.48 bits per heavy atom. The van der Waals surface area contributed by atoms with Gasteiger partial charge in [-0.15, -0.1) is 6.58 Å². The molecule has 0 bridgehead atoms. The quantitative estimate of drug-likeness (QED) is 0.471. The number of halogens is 1. The van der Waals surface area contributed by atoms with Crippen molar-refractivity contribution in [3.63, 3.8) is 0 Å². The molecule has 0 saturated carbocycles. The minimum Gasteiger partial charge on any atom is -0.366 e. The summed E-state index contributed by atoms with van der Waals surface area (Å²) in [6, 6.07) is 0. The Bertz CT molecular complexity index is 576. The third kappa shape index (κ3) is 3.53. The van der Waals surface area contributed by atoms with Crippen LogP contribution in [-0.4, -0.2) is 16.5 Å². The second-order valence-corrected chi connectivity index (χ2v) is 5.42. The molecule has 1 unspecified atom stereocenters. The van der Waals surface area contributed by atoms with E-state index in [4.69, 9.17) is 11.6 Å². The molecule has 1 aromatic heterocycles. The van der Waals surface area contributed by atoms with Crippen molar-refractivity contribution < 1.29 is 0 Å². The molecule has 0 radical (unpaired) electrons. The predicted molar refractivity (Wildman–Crippen MR) is 90.0 cm³/mol. The Kier molecular flexibility index (Phi) is 5.57. The standard InChI is InChI=1S/C17H22ClN3/c1-4-7-12(8-5-2)13-9-10-14-15(13)20-17(18)21-16(14)19-11-6-3/h4,6-8,13H,3,5,9-11H2,1-2H3,(H,19,20,21)/b7-4-,12-8+. The molecule has 2 rings (SSSR count). The van der Waals surface area contributed by atoms with E-state index in [1.165, 1.54) is 11.1 Å². The van der Waals surface area contributed by atoms with Crippen molar-refractivity contribution in [2.75, 3.05) is 11.9 Å². The highest BCUT2D eigenvalue weighted by molar-refractivity contribution is 6.28. The first kappa shape index (κ1) is 15.8. The molecular formula is C17H22ClN3. The van der Waals surface area contributed by atoms with Crippen molar-refractivity contribution in [2.45, 2.75) is 39.0 Å². The summed E-state index contributed by atoms with van der Waals surface area (Å²) < 4.78 is 0. The third-order valence-electron chi connectivity index (χ3n) is 3.64. The molecule has 1 heterocycles. The highest BCUT2D eigenvalue weighted by atomic mass is 35.5. The molecule has 3 nitrogen and oxygen atoms in total. The first-order valence-corrected chi connectivity index (χ1v) is 7.82. The number of nitrogens with zero attached hydrogens (tertiary/aromatic N) is 2. The number of aromatic nitrogens is 2. The van der Waals surface area contributed by atoms with Gasteiger partial charge in [-0.3, -0.25) is 0 Å². The molecule has 0 saturated heterocycles. The molecule has 0 aromatic carbocycles. The van der Waals surface area contributed by atoms with Gasteiger partial charge in [0.15, 0.2) is 0 Å². The van der Waals surface area contributed by atoms with Crippen molar-refractivity contribution in [2.24, 2.45) is 0 Å². The van der Waals surface area contributed by atoms with Gasteiger partial charge < -0.3 is 5.32 Å². The lowest BCUT2D eigenvalue weighted by Gasteiger charge is -2.14. The lowest BCUT2D eigenvalue weighted by atomic mass is 9.95. The van der Waals surface area contributed by atoms with Crippen LogP contribution >= 0.6 is 11.6 Å². The number of anilines is 1. The minimum atomic E-state index is 0.309. The van der Waals surface area contributed by atoms with Crippen molar-refractivity contribution in [1.82, 2.24) is 9.97 Å². The fourth-order valence-corrected chi connectivity index (χ4v) is 3.00. The molecule has 1 N–H and O–H groups in total. The van der Waals surface area contributed by atoms with E-state index in [-0.39, 0.29) is 0 Å². The summed E-state index contributed by atoms with van der Waals surface area (Å²) in [5.41, 5.74) is 3.58. The van der Waals surface area contributed by atoms with E-state index in [1.807, 2.05) is 13.0 Å². The molecule has 4 heteroatoms. The van der Waals surface area contributed by atoms with Crippen LogP contribution < -0.4 is 5.32 Å². The van der Waals surface area contributed by atoms with Gasteiger partial charge in [-0.1, -0.05) is 31.2 Å². The molecule has 1 aromatic rings. The van der Waals surface area contributed by atoms with Crippen molar-refractivity contribution in [3.05, 3.63) is 53.0 Å². The molecule has 1 aliphatic carbocycles. The monoisotopic (exact) mass is 303 g/mol. The summed E-state index contributed by atoms with van der Waals surface area (Å²) in [7, 11) is 0. The maximum absolute atomic E-state index is 6.11. The van der Waals surface area contributed by atoms with Crippen LogP contribution in [-0.2, 0) is 6.42 Å². The minimum absolute atomic E-state index is 0.309. The SMILES string of the molecule is C=CCNc1nc(Cl)nc2c1CCC2C(/C=C\C)=C/CC. The highest BCUT2D eigenvalue weighted by Gasteiger charge is 2.29. The molecule has 1 aliphatic rings. The first-order chi connectivity index (χ1) is 10.2. The third-order valence-corrected chi connectivity index (χ3v) is 3.81. The molecule has 0 spiro atoms. The molecule has 1 atom stereocenters. The Morgan fingerprint density at radius 2 is 2.29 bits per heavy atom. The Hall–Kier alpha value is -1.61. The molecule has 0 aliphatic heterocycles. The van der Waals surface area contributed by atoms with E-state index < -0.39 is 0 Å². The van der Waals surface area contributed by atoms with Gasteiger partial charge >= 0.3 is 0 Å². The lowest BCUT2D eigenvalue weighted by molar-refractivity contribution is 0.766. The zero-order chi connectivity index (χ0) is 15.2. The average molecular weight is 304 g/mol. The number of fused-ring (bicyclic) bond motifs is 1. The summed E-state index contributed by atoms with van der Waals surface area (Å²) in [5.74, 6) is 1.17. The zero-order valence-corrected chi connectivity index (χ0v) is 13.5. The van der Waals surface area contributed by atoms with Gasteiger partial charge in [-0.05, 0) is 43.4 Å². The van der Waals surface area contributed by atoms with Crippen LogP contribution in [0.2, 0.25) is 5.28 Å². The maximum atomic E-state index is 6.11. The Balaban J connectivity index is 2.41. The zero-order valence-electron chi connectivity index (χ0n) is 12.7. The van der Waals surface area contributed by atoms with Gasteiger partial charge in [0.05, 0.1) is 5.69 Å². The average Bonchev–Trinajstić information content (AvgIpc) is 2.88. The van der Waals surface area contributed by atoms with E-state index >= 15 is 0 Å². The van der Waals surface area contributed by atoms with Crippen LogP contribution in [0.4, 0.5) is 5.82 Å². The topological polar surface area (TPSA) is 37.8 Å². The van der Waals surface area contributed by atoms with Crippen LogP contribution in [0, 0.1) is 0 Å². The second kappa shape index (κ2) is 7.41. The number of hydrogen-bond donors (Lipinski definition) is 1. The fraction of sp³-hybridized carbons (Fsp3) is 0.412. The maximum Gasteiger partial charge on any atom is 0.224 e. The molecular weight excluding hydrogens is 282 g/mol. The number of nitrogens with one attached hydrogen (secondary N) is 1. The first-order valence-electron chi connectivity index (χ1n) is 7.45. The highest BCUT2D eigenvalue weighted by Crippen LogP contribution is 2.40. The number of allylic oxidation sites excluding steroid dienone is 4. The van der Waals surface area contributed by atoms with Crippen molar-refractivity contribution in [3.8, 4) is 0 Å². The largest absolute Gasteiger partial charge is 0.366 e. The smallest absolute Gasteiger partial charge is 0.224 e. The lowest BCUT2D eigenvalue weighted by Crippen LogP contribution is -2.07. The van der Waals surface area contributed by atoms with E-state index in [2.05, 4.69) is 47.0 Å². The normalized spacial score (nSPS) is 18.0. The van der Waals surface area contributed by atoms with Gasteiger partial charge in [-0.25, -0.2) is 9.97 Å². The predicted octanol–water partition coefficient (Wildman–Crippen LogP) is 4.67. The number of rotatable bonds is 6. The summed E-state index contributed by atoms with van der Waals surface area (Å²) in [6.45, 7) is 8.61. The summed E-state index contributed by atoms with van der Waals surface area (Å²) in [5, 5.41) is 3.58.